The van der Waals surface area contributed by atoms with Crippen LogP contribution in [0, 0.1) is 18.6 Å². The summed E-state index contributed by atoms with van der Waals surface area (Å²) in [5, 5.41) is 9.01. The molecular weight excluding hydrogens is 457 g/mol. The molecule has 1 fully saturated rings. The van der Waals surface area contributed by atoms with E-state index in [0.717, 1.165) is 61.7 Å². The number of halogens is 5. The molecule has 0 atom stereocenters. The van der Waals surface area contributed by atoms with Crippen LogP contribution in [0.2, 0.25) is 0 Å². The van der Waals surface area contributed by atoms with Crippen molar-refractivity contribution in [1.82, 2.24) is 10.2 Å². The van der Waals surface area contributed by atoms with Gasteiger partial charge in [0.15, 0.2) is 11.6 Å². The van der Waals surface area contributed by atoms with Crippen LogP contribution in [0.25, 0.3) is 0 Å². The fraction of sp³-hybridized carbons (Fsp3) is 0.350. The molecule has 168 valence electrons. The highest BCUT2D eigenvalue weighted by atomic mass is 35.5. The van der Waals surface area contributed by atoms with E-state index in [1.165, 1.54) is 6.07 Å². The van der Waals surface area contributed by atoms with Gasteiger partial charge in [-0.05, 0) is 36.2 Å². The first-order chi connectivity index (χ1) is 13.0. The van der Waals surface area contributed by atoms with Gasteiger partial charge in [0, 0.05) is 50.2 Å². The summed E-state index contributed by atoms with van der Waals surface area (Å²) in [6, 6.07) is 9.52. The van der Waals surface area contributed by atoms with Crippen molar-refractivity contribution >= 4 is 54.5 Å². The molecule has 0 saturated carbocycles. The summed E-state index contributed by atoms with van der Waals surface area (Å²) < 4.78 is 26.2. The summed E-state index contributed by atoms with van der Waals surface area (Å²) in [4.78, 5) is 14.6. The molecule has 10 heteroatoms. The molecule has 2 aromatic carbocycles. The van der Waals surface area contributed by atoms with E-state index in [1.807, 2.05) is 19.1 Å². The number of piperazine rings is 1. The van der Waals surface area contributed by atoms with E-state index < -0.39 is 11.6 Å². The summed E-state index contributed by atoms with van der Waals surface area (Å²) in [6.45, 7) is 6.75. The van der Waals surface area contributed by atoms with Crippen molar-refractivity contribution in [3.63, 3.8) is 0 Å². The molecule has 1 saturated heterocycles. The van der Waals surface area contributed by atoms with E-state index in [9.17, 15) is 13.6 Å². The molecule has 1 amide bonds. The van der Waals surface area contributed by atoms with Crippen LogP contribution in [0.5, 0.6) is 0 Å². The van der Waals surface area contributed by atoms with Crippen LogP contribution in [0.3, 0.4) is 0 Å². The zero-order chi connectivity index (χ0) is 19.2. The molecule has 30 heavy (non-hydrogen) atoms. The number of nitrogens with zero attached hydrogens (tertiary/aromatic N) is 1. The van der Waals surface area contributed by atoms with Gasteiger partial charge in [-0.2, -0.15) is 0 Å². The summed E-state index contributed by atoms with van der Waals surface area (Å²) in [5.74, 6) is -2.11. The van der Waals surface area contributed by atoms with E-state index in [-0.39, 0.29) is 49.7 Å². The molecule has 1 aliphatic rings. The molecule has 1 aliphatic heterocycles. The number of hydrogen-bond acceptors (Lipinski definition) is 4. The van der Waals surface area contributed by atoms with Crippen LogP contribution < -0.4 is 16.0 Å². The smallest absolute Gasteiger partial charge is 0.243 e. The van der Waals surface area contributed by atoms with Crippen LogP contribution in [0.4, 0.5) is 20.2 Å². The number of aryl methyl sites for hydroxylation is 1. The number of carbonyl (C=O) groups is 1. The maximum atomic E-state index is 13.2. The Morgan fingerprint density at radius 2 is 1.73 bits per heavy atom. The van der Waals surface area contributed by atoms with Gasteiger partial charge in [0.25, 0.3) is 0 Å². The Hall–Kier alpha value is -1.64. The number of carbonyl (C=O) groups excluding carboxylic acids is 1. The predicted octanol–water partition coefficient (Wildman–Crippen LogP) is 3.99. The number of nitrogens with one attached hydrogen (secondary N) is 3. The Morgan fingerprint density at radius 3 is 2.40 bits per heavy atom. The molecule has 0 aromatic heterocycles. The lowest BCUT2D eigenvalue weighted by atomic mass is 10.1. The molecule has 0 aliphatic carbocycles. The first-order valence-corrected chi connectivity index (χ1v) is 9.02. The Labute approximate surface area is 194 Å². The average molecular weight is 484 g/mol. The normalized spacial score (nSPS) is 13.3. The second-order valence-electron chi connectivity index (χ2n) is 6.71. The average Bonchev–Trinajstić information content (AvgIpc) is 2.66. The molecule has 0 radical (unpaired) electrons. The van der Waals surface area contributed by atoms with Crippen LogP contribution in [-0.4, -0.2) is 43.5 Å². The Kier molecular flexibility index (Phi) is 12.9. The minimum Gasteiger partial charge on any atom is -0.376 e. The van der Waals surface area contributed by atoms with E-state index in [4.69, 9.17) is 0 Å². The van der Waals surface area contributed by atoms with Crippen molar-refractivity contribution in [3.05, 3.63) is 59.2 Å². The van der Waals surface area contributed by atoms with Crippen LogP contribution in [0.15, 0.2) is 36.4 Å². The van der Waals surface area contributed by atoms with Gasteiger partial charge in [-0.1, -0.05) is 12.1 Å². The highest BCUT2D eigenvalue weighted by Gasteiger charge is 2.12. The number of hydrogen-bond donors (Lipinski definition) is 3. The van der Waals surface area contributed by atoms with E-state index >= 15 is 0 Å². The monoisotopic (exact) mass is 482 g/mol. The zero-order valence-electron chi connectivity index (χ0n) is 16.5. The van der Waals surface area contributed by atoms with Gasteiger partial charge < -0.3 is 16.0 Å². The number of benzene rings is 2. The molecule has 0 unspecified atom stereocenters. The fourth-order valence-electron chi connectivity index (χ4n) is 3.01. The second kappa shape index (κ2) is 13.6. The zero-order valence-corrected chi connectivity index (χ0v) is 19.0. The van der Waals surface area contributed by atoms with E-state index in [0.29, 0.717) is 5.69 Å². The fourth-order valence-corrected chi connectivity index (χ4v) is 3.01. The largest absolute Gasteiger partial charge is 0.376 e. The van der Waals surface area contributed by atoms with Crippen molar-refractivity contribution in [2.75, 3.05) is 43.4 Å². The molecule has 5 nitrogen and oxygen atoms in total. The topological polar surface area (TPSA) is 56.4 Å². The van der Waals surface area contributed by atoms with Gasteiger partial charge >= 0.3 is 0 Å². The summed E-state index contributed by atoms with van der Waals surface area (Å²) >= 11 is 0. The minimum absolute atomic E-state index is 0. The van der Waals surface area contributed by atoms with Crippen molar-refractivity contribution < 1.29 is 13.6 Å². The highest BCUT2D eigenvalue weighted by molar-refractivity contribution is 5.94. The van der Waals surface area contributed by atoms with E-state index in [1.54, 1.807) is 0 Å². The summed E-state index contributed by atoms with van der Waals surface area (Å²) in [7, 11) is 0. The molecule has 1 heterocycles. The lowest BCUT2D eigenvalue weighted by Gasteiger charge is -2.27. The lowest BCUT2D eigenvalue weighted by Crippen LogP contribution is -2.42. The van der Waals surface area contributed by atoms with Crippen molar-refractivity contribution in [2.45, 2.75) is 13.5 Å². The first kappa shape index (κ1) is 28.4. The SMILES string of the molecule is Cc1ccc(CN2CCNCC2)cc1NC(=O)CNc1ccc(F)c(F)c1.Cl.Cl.Cl. The van der Waals surface area contributed by atoms with Gasteiger partial charge in [-0.15, -0.1) is 37.2 Å². The van der Waals surface area contributed by atoms with Crippen LogP contribution >= 0.6 is 37.2 Å². The molecule has 3 rings (SSSR count). The quantitative estimate of drug-likeness (QED) is 0.581. The predicted molar refractivity (Wildman–Crippen MR) is 125 cm³/mol. The summed E-state index contributed by atoms with van der Waals surface area (Å²) in [5.41, 5.74) is 3.24. The van der Waals surface area contributed by atoms with Crippen molar-refractivity contribution in [3.8, 4) is 0 Å². The van der Waals surface area contributed by atoms with Gasteiger partial charge in [-0.25, -0.2) is 8.78 Å². The van der Waals surface area contributed by atoms with Gasteiger partial charge in [0.05, 0.1) is 6.54 Å². The van der Waals surface area contributed by atoms with Crippen molar-refractivity contribution in [1.29, 1.82) is 0 Å². The Morgan fingerprint density at radius 1 is 1.03 bits per heavy atom. The molecule has 0 spiro atoms. The minimum atomic E-state index is -0.947. The lowest BCUT2D eigenvalue weighted by molar-refractivity contribution is -0.114. The Balaban J connectivity index is 0.00000280. The molecular formula is C20H27Cl3F2N4O. The first-order valence-electron chi connectivity index (χ1n) is 9.02. The third-order valence-electron chi connectivity index (χ3n) is 4.56. The van der Waals surface area contributed by atoms with Crippen molar-refractivity contribution in [2.24, 2.45) is 0 Å². The standard InChI is InChI=1S/C20H24F2N4O.3ClH/c1-14-2-3-15(13-26-8-6-23-7-9-26)10-19(14)25-20(27)12-24-16-4-5-17(21)18(22)11-16;;;/h2-5,10-11,23-24H,6-9,12-13H2,1H3,(H,25,27);3*1H. The second-order valence-corrected chi connectivity index (χ2v) is 6.71. The van der Waals surface area contributed by atoms with E-state index in [2.05, 4.69) is 26.9 Å². The maximum Gasteiger partial charge on any atom is 0.243 e. The number of amides is 1. The van der Waals surface area contributed by atoms with Gasteiger partial charge in [-0.3, -0.25) is 9.69 Å². The summed E-state index contributed by atoms with van der Waals surface area (Å²) in [6.07, 6.45) is 0. The highest BCUT2D eigenvalue weighted by Crippen LogP contribution is 2.19. The van der Waals surface area contributed by atoms with Gasteiger partial charge in [0.2, 0.25) is 5.91 Å². The Bertz CT molecular complexity index is 821. The molecule has 0 bridgehead atoms. The maximum absolute atomic E-state index is 13.2. The molecule has 3 N–H and O–H groups in total. The van der Waals surface area contributed by atoms with Gasteiger partial charge in [0.1, 0.15) is 0 Å². The third kappa shape index (κ3) is 8.24. The van der Waals surface area contributed by atoms with Crippen LogP contribution in [0.1, 0.15) is 11.1 Å². The van der Waals surface area contributed by atoms with Crippen LogP contribution in [-0.2, 0) is 11.3 Å². The number of rotatable bonds is 6. The third-order valence-corrected chi connectivity index (χ3v) is 4.56. The number of anilines is 2. The molecule has 2 aromatic rings.